The van der Waals surface area contributed by atoms with Crippen LogP contribution in [0, 0.1) is 17.7 Å². The quantitative estimate of drug-likeness (QED) is 0.574. The van der Waals surface area contributed by atoms with E-state index >= 15 is 0 Å². The maximum absolute atomic E-state index is 13.8. The first-order valence-electron chi connectivity index (χ1n) is 6.72. The summed E-state index contributed by atoms with van der Waals surface area (Å²) in [5.41, 5.74) is -3.62. The van der Waals surface area contributed by atoms with Gasteiger partial charge >= 0.3 is 12.2 Å². The van der Waals surface area contributed by atoms with E-state index in [9.17, 15) is 22.4 Å². The van der Waals surface area contributed by atoms with E-state index in [4.69, 9.17) is 0 Å². The molecule has 4 nitrogen and oxygen atoms in total. The SMILES string of the molecule is O=C1Nc2ccc(F)cc2C(C#Cc2ccccn2)(C(F)(F)F)N1. The number of nitrogens with zero attached hydrogens (tertiary/aromatic N) is 1. The van der Waals surface area contributed by atoms with Crippen LogP contribution in [0.5, 0.6) is 0 Å². The predicted octanol–water partition coefficient (Wildman–Crippen LogP) is 3.17. The summed E-state index contributed by atoms with van der Waals surface area (Å²) in [6.45, 7) is 0. The summed E-state index contributed by atoms with van der Waals surface area (Å²) >= 11 is 0. The third-order valence-corrected chi connectivity index (χ3v) is 3.40. The third-order valence-electron chi connectivity index (χ3n) is 3.40. The zero-order valence-corrected chi connectivity index (χ0v) is 11.9. The molecular weight excluding hydrogens is 326 g/mol. The number of rotatable bonds is 0. The molecule has 3 rings (SSSR count). The van der Waals surface area contributed by atoms with E-state index in [2.05, 4.69) is 16.2 Å². The summed E-state index contributed by atoms with van der Waals surface area (Å²) in [5, 5.41) is 3.99. The van der Waals surface area contributed by atoms with Crippen LogP contribution >= 0.6 is 0 Å². The van der Waals surface area contributed by atoms with E-state index in [1.165, 1.54) is 12.3 Å². The fourth-order valence-corrected chi connectivity index (χ4v) is 2.31. The smallest absolute Gasteiger partial charge is 0.310 e. The van der Waals surface area contributed by atoms with Crippen LogP contribution in [0.2, 0.25) is 0 Å². The Bertz CT molecular complexity index is 855. The first kappa shape index (κ1) is 15.8. The van der Waals surface area contributed by atoms with Crippen molar-refractivity contribution in [1.82, 2.24) is 10.3 Å². The molecule has 24 heavy (non-hydrogen) atoms. The molecule has 0 radical (unpaired) electrons. The molecule has 1 aromatic carbocycles. The molecule has 2 aromatic rings. The molecule has 8 heteroatoms. The van der Waals surface area contributed by atoms with Crippen LogP contribution in [-0.2, 0) is 5.54 Å². The highest BCUT2D eigenvalue weighted by atomic mass is 19.4. The van der Waals surface area contributed by atoms with Gasteiger partial charge in [0.05, 0.1) is 0 Å². The number of carbonyl (C=O) groups is 1. The molecule has 2 N–H and O–H groups in total. The lowest BCUT2D eigenvalue weighted by molar-refractivity contribution is -0.178. The molecule has 0 fully saturated rings. The minimum absolute atomic E-state index is 0.0897. The second-order valence-corrected chi connectivity index (χ2v) is 4.98. The Labute approximate surface area is 133 Å². The number of halogens is 4. The lowest BCUT2D eigenvalue weighted by Gasteiger charge is -2.37. The Kier molecular flexibility index (Phi) is 3.64. The van der Waals surface area contributed by atoms with Gasteiger partial charge in [-0.1, -0.05) is 12.0 Å². The topological polar surface area (TPSA) is 54.0 Å². The standard InChI is InChI=1S/C16H9F4N3O/c17-10-4-5-13-12(9-10)15(16(18,19)20,23-14(24)22-13)7-6-11-3-1-2-8-21-11/h1-5,8-9H,(H2,22,23,24). The van der Waals surface area contributed by atoms with E-state index in [1.807, 2.05) is 5.92 Å². The Hall–Kier alpha value is -3.08. The second kappa shape index (κ2) is 5.53. The number of pyridine rings is 1. The number of urea groups is 1. The maximum Gasteiger partial charge on any atom is 0.427 e. The number of alkyl halides is 3. The first-order valence-corrected chi connectivity index (χ1v) is 6.72. The highest BCUT2D eigenvalue weighted by Gasteiger charge is 2.59. The Balaban J connectivity index is 2.23. The lowest BCUT2D eigenvalue weighted by atomic mass is 9.86. The van der Waals surface area contributed by atoms with Crippen molar-refractivity contribution in [2.24, 2.45) is 0 Å². The number of benzene rings is 1. The summed E-state index contributed by atoms with van der Waals surface area (Å²) in [4.78, 5) is 15.5. The molecule has 122 valence electrons. The molecule has 1 atom stereocenters. The number of amides is 2. The molecule has 0 saturated carbocycles. The van der Waals surface area contributed by atoms with Crippen molar-refractivity contribution < 1.29 is 22.4 Å². The predicted molar refractivity (Wildman–Crippen MR) is 77.4 cm³/mol. The van der Waals surface area contributed by atoms with Crippen molar-refractivity contribution in [3.05, 3.63) is 59.7 Å². The molecule has 0 aliphatic carbocycles. The van der Waals surface area contributed by atoms with Gasteiger partial charge in [-0.15, -0.1) is 0 Å². The average Bonchev–Trinajstić information content (AvgIpc) is 2.53. The molecule has 2 heterocycles. The Morgan fingerprint density at radius 1 is 1.17 bits per heavy atom. The van der Waals surface area contributed by atoms with E-state index in [0.29, 0.717) is 6.07 Å². The molecule has 2 amide bonds. The van der Waals surface area contributed by atoms with E-state index in [-0.39, 0.29) is 11.4 Å². The molecule has 1 unspecified atom stereocenters. The highest BCUT2D eigenvalue weighted by Crippen LogP contribution is 2.43. The fourth-order valence-electron chi connectivity index (χ4n) is 2.31. The van der Waals surface area contributed by atoms with Crippen molar-refractivity contribution in [2.75, 3.05) is 5.32 Å². The van der Waals surface area contributed by atoms with Crippen molar-refractivity contribution in [2.45, 2.75) is 11.7 Å². The lowest BCUT2D eigenvalue weighted by Crippen LogP contribution is -2.59. The van der Waals surface area contributed by atoms with Gasteiger partial charge in [0.1, 0.15) is 11.5 Å². The van der Waals surface area contributed by atoms with Gasteiger partial charge < -0.3 is 10.6 Å². The summed E-state index contributed by atoms with van der Waals surface area (Å²) in [6, 6.07) is 6.20. The number of aromatic nitrogens is 1. The Morgan fingerprint density at radius 3 is 2.62 bits per heavy atom. The van der Waals surface area contributed by atoms with Gasteiger partial charge in [-0.25, -0.2) is 14.2 Å². The van der Waals surface area contributed by atoms with Crippen LogP contribution in [0.3, 0.4) is 0 Å². The van der Waals surface area contributed by atoms with Crippen LogP contribution in [0.25, 0.3) is 0 Å². The summed E-state index contributed by atoms with van der Waals surface area (Å²) in [6.07, 6.45) is -3.60. The fraction of sp³-hybridized carbons (Fsp3) is 0.125. The highest BCUT2D eigenvalue weighted by molar-refractivity contribution is 5.94. The molecule has 1 aliphatic heterocycles. The van der Waals surface area contributed by atoms with Gasteiger partial charge in [0.2, 0.25) is 5.54 Å². The first-order chi connectivity index (χ1) is 11.3. The molecule has 0 bridgehead atoms. The monoisotopic (exact) mass is 335 g/mol. The maximum atomic E-state index is 13.8. The van der Waals surface area contributed by atoms with Crippen molar-refractivity contribution in [3.8, 4) is 11.8 Å². The van der Waals surface area contributed by atoms with Crippen molar-refractivity contribution >= 4 is 11.7 Å². The van der Waals surface area contributed by atoms with Gasteiger partial charge in [0, 0.05) is 17.4 Å². The number of fused-ring (bicyclic) bond motifs is 1. The molecule has 1 aromatic heterocycles. The van der Waals surface area contributed by atoms with Crippen molar-refractivity contribution in [1.29, 1.82) is 0 Å². The number of nitrogens with one attached hydrogen (secondary N) is 2. The third kappa shape index (κ3) is 2.65. The van der Waals surface area contributed by atoms with Crippen LogP contribution in [0.4, 0.5) is 28.0 Å². The molecule has 0 spiro atoms. The average molecular weight is 335 g/mol. The van der Waals surface area contributed by atoms with E-state index < -0.39 is 29.1 Å². The molecular formula is C16H9F4N3O. The zero-order valence-electron chi connectivity index (χ0n) is 11.9. The van der Waals surface area contributed by atoms with Crippen LogP contribution in [0.15, 0.2) is 42.6 Å². The number of carbonyl (C=O) groups excluding carboxylic acids is 1. The largest absolute Gasteiger partial charge is 0.427 e. The van der Waals surface area contributed by atoms with E-state index in [0.717, 1.165) is 12.1 Å². The summed E-state index contributed by atoms with van der Waals surface area (Å²) < 4.78 is 54.9. The van der Waals surface area contributed by atoms with Gasteiger partial charge in [0.25, 0.3) is 0 Å². The summed E-state index contributed by atoms with van der Waals surface area (Å²) in [5.74, 6) is 3.45. The zero-order chi connectivity index (χ0) is 17.4. The second-order valence-electron chi connectivity index (χ2n) is 4.98. The van der Waals surface area contributed by atoms with Crippen LogP contribution < -0.4 is 10.6 Å². The molecule has 1 aliphatic rings. The van der Waals surface area contributed by atoms with Gasteiger partial charge in [0.15, 0.2) is 0 Å². The van der Waals surface area contributed by atoms with Crippen molar-refractivity contribution in [3.63, 3.8) is 0 Å². The van der Waals surface area contributed by atoms with Gasteiger partial charge in [-0.3, -0.25) is 0 Å². The normalized spacial score (nSPS) is 19.4. The number of anilines is 1. The van der Waals surface area contributed by atoms with Gasteiger partial charge in [-0.2, -0.15) is 13.2 Å². The van der Waals surface area contributed by atoms with Crippen LogP contribution in [-0.4, -0.2) is 17.2 Å². The number of hydrogen-bond donors (Lipinski definition) is 2. The minimum atomic E-state index is -4.98. The molecule has 0 saturated heterocycles. The summed E-state index contributed by atoms with van der Waals surface area (Å²) in [7, 11) is 0. The minimum Gasteiger partial charge on any atom is -0.310 e. The van der Waals surface area contributed by atoms with E-state index in [1.54, 1.807) is 17.4 Å². The van der Waals surface area contributed by atoms with Crippen LogP contribution in [0.1, 0.15) is 11.3 Å². The number of hydrogen-bond acceptors (Lipinski definition) is 2. The van der Waals surface area contributed by atoms with Gasteiger partial charge in [-0.05, 0) is 36.3 Å². The Morgan fingerprint density at radius 2 is 1.96 bits per heavy atom.